The van der Waals surface area contributed by atoms with Gasteiger partial charge in [-0.3, -0.25) is 19.3 Å². The Hall–Kier alpha value is -2.12. The number of piperidine rings is 2. The van der Waals surface area contributed by atoms with Crippen LogP contribution in [0.2, 0.25) is 0 Å². The summed E-state index contributed by atoms with van der Waals surface area (Å²) in [4.78, 5) is 56.1. The molecule has 3 saturated heterocycles. The number of amides is 5. The van der Waals surface area contributed by atoms with Crippen molar-refractivity contribution >= 4 is 23.8 Å². The highest BCUT2D eigenvalue weighted by Gasteiger charge is 2.54. The number of hydrogen-bond acceptors (Lipinski definition) is 4. The van der Waals surface area contributed by atoms with Gasteiger partial charge in [-0.25, -0.2) is 4.79 Å². The minimum Gasteiger partial charge on any atom is -0.343 e. The van der Waals surface area contributed by atoms with Crippen LogP contribution in [0.15, 0.2) is 0 Å². The van der Waals surface area contributed by atoms with Gasteiger partial charge < -0.3 is 15.1 Å². The molecule has 172 valence electrons. The summed E-state index contributed by atoms with van der Waals surface area (Å²) in [6.45, 7) is 3.97. The van der Waals surface area contributed by atoms with Crippen LogP contribution in [0.4, 0.5) is 4.79 Å². The molecule has 5 amide bonds. The van der Waals surface area contributed by atoms with E-state index in [1.54, 1.807) is 4.90 Å². The number of nitrogens with zero attached hydrogens (tertiary/aromatic N) is 3. The molecule has 0 bridgehead atoms. The molecule has 4 rings (SSSR count). The lowest BCUT2D eigenvalue weighted by atomic mass is 9.86. The fraction of sp³-hybridized carbons (Fsp3) is 0.826. The van der Waals surface area contributed by atoms with E-state index in [4.69, 9.17) is 0 Å². The lowest BCUT2D eigenvalue weighted by molar-refractivity contribution is -0.141. The largest absolute Gasteiger partial charge is 0.343 e. The standard InChI is InChI=1S/C23H36N4O4/c1-2-19(28)25-13-10-23(11-14-25)21(30)27(22(31)24-23)18-9-6-12-26(16-18)20(29)15-17-7-4-3-5-8-17/h17-18H,2-16H2,1H3,(H,24,31)/t18-/m1/s1. The summed E-state index contributed by atoms with van der Waals surface area (Å²) in [5, 5.41) is 2.95. The fourth-order valence-electron chi connectivity index (χ4n) is 5.83. The van der Waals surface area contributed by atoms with Gasteiger partial charge in [-0.2, -0.15) is 0 Å². The number of carbonyl (C=O) groups excluding carboxylic acids is 4. The molecule has 1 saturated carbocycles. The van der Waals surface area contributed by atoms with Crippen LogP contribution >= 0.6 is 0 Å². The maximum absolute atomic E-state index is 13.4. The molecule has 0 aromatic carbocycles. The van der Waals surface area contributed by atoms with E-state index in [0.717, 1.165) is 25.7 Å². The van der Waals surface area contributed by atoms with Crippen LogP contribution in [0.5, 0.6) is 0 Å². The molecular weight excluding hydrogens is 396 g/mol. The summed E-state index contributed by atoms with van der Waals surface area (Å²) < 4.78 is 0. The smallest absolute Gasteiger partial charge is 0.325 e. The highest BCUT2D eigenvalue weighted by atomic mass is 16.2. The van der Waals surface area contributed by atoms with Crippen molar-refractivity contribution in [2.75, 3.05) is 26.2 Å². The van der Waals surface area contributed by atoms with Crippen LogP contribution in [-0.4, -0.2) is 76.2 Å². The second kappa shape index (κ2) is 9.17. The highest BCUT2D eigenvalue weighted by Crippen LogP contribution is 2.33. The first kappa shape index (κ1) is 22.1. The maximum atomic E-state index is 13.4. The molecule has 1 aliphatic carbocycles. The first-order valence-corrected chi connectivity index (χ1v) is 12.1. The van der Waals surface area contributed by atoms with E-state index in [0.29, 0.717) is 57.8 Å². The van der Waals surface area contributed by atoms with Crippen LogP contribution in [0.1, 0.15) is 77.6 Å². The van der Waals surface area contributed by atoms with Crippen molar-refractivity contribution in [1.82, 2.24) is 20.0 Å². The topological polar surface area (TPSA) is 90.0 Å². The van der Waals surface area contributed by atoms with Gasteiger partial charge in [0.25, 0.3) is 5.91 Å². The monoisotopic (exact) mass is 432 g/mol. The lowest BCUT2D eigenvalue weighted by Gasteiger charge is -2.39. The van der Waals surface area contributed by atoms with E-state index in [9.17, 15) is 19.2 Å². The van der Waals surface area contributed by atoms with E-state index in [2.05, 4.69) is 5.32 Å². The third kappa shape index (κ3) is 4.44. The molecule has 1 atom stereocenters. The van der Waals surface area contributed by atoms with Crippen molar-refractivity contribution in [3.63, 3.8) is 0 Å². The minimum absolute atomic E-state index is 0.0860. The number of hydrogen-bond donors (Lipinski definition) is 1. The highest BCUT2D eigenvalue weighted by molar-refractivity contribution is 6.07. The molecule has 31 heavy (non-hydrogen) atoms. The number of carbonyl (C=O) groups is 4. The van der Waals surface area contributed by atoms with Crippen LogP contribution < -0.4 is 5.32 Å². The van der Waals surface area contributed by atoms with Gasteiger partial charge in [-0.05, 0) is 44.4 Å². The van der Waals surface area contributed by atoms with Gasteiger partial charge in [-0.1, -0.05) is 26.2 Å². The number of imide groups is 1. The van der Waals surface area contributed by atoms with E-state index >= 15 is 0 Å². The van der Waals surface area contributed by atoms with Crippen LogP contribution in [-0.2, 0) is 14.4 Å². The molecule has 8 nitrogen and oxygen atoms in total. The van der Waals surface area contributed by atoms with Crippen LogP contribution in [0, 0.1) is 5.92 Å². The van der Waals surface area contributed by atoms with Crippen molar-refractivity contribution in [3.8, 4) is 0 Å². The molecule has 0 unspecified atom stereocenters. The van der Waals surface area contributed by atoms with E-state index in [1.807, 2.05) is 11.8 Å². The second-order valence-corrected chi connectivity index (χ2v) is 9.77. The van der Waals surface area contributed by atoms with Gasteiger partial charge in [0.1, 0.15) is 5.54 Å². The summed E-state index contributed by atoms with van der Waals surface area (Å²) in [5.41, 5.74) is -0.893. The van der Waals surface area contributed by atoms with Gasteiger partial charge in [0, 0.05) is 39.0 Å². The summed E-state index contributed by atoms with van der Waals surface area (Å²) >= 11 is 0. The second-order valence-electron chi connectivity index (χ2n) is 9.77. The number of nitrogens with one attached hydrogen (secondary N) is 1. The normalized spacial score (nSPS) is 27.0. The van der Waals surface area contributed by atoms with Gasteiger partial charge in [0.05, 0.1) is 6.04 Å². The molecule has 4 aliphatic rings. The Labute approximate surface area is 184 Å². The molecule has 1 spiro atoms. The Balaban J connectivity index is 1.37. The Kier molecular flexibility index (Phi) is 6.53. The number of urea groups is 1. The molecule has 0 aromatic heterocycles. The van der Waals surface area contributed by atoms with E-state index < -0.39 is 5.54 Å². The van der Waals surface area contributed by atoms with Gasteiger partial charge in [0.2, 0.25) is 11.8 Å². The number of rotatable bonds is 4. The van der Waals surface area contributed by atoms with E-state index in [-0.39, 0.29) is 29.8 Å². The average Bonchev–Trinajstić information content (AvgIpc) is 3.03. The molecule has 3 heterocycles. The number of likely N-dealkylation sites (tertiary alicyclic amines) is 2. The summed E-state index contributed by atoms with van der Waals surface area (Å²) in [6, 6.07) is -0.599. The van der Waals surface area contributed by atoms with Gasteiger partial charge in [-0.15, -0.1) is 0 Å². The first-order chi connectivity index (χ1) is 14.9. The zero-order valence-corrected chi connectivity index (χ0v) is 18.7. The van der Waals surface area contributed by atoms with E-state index in [1.165, 1.54) is 24.2 Å². The summed E-state index contributed by atoms with van der Waals surface area (Å²) in [7, 11) is 0. The molecule has 3 aliphatic heterocycles. The van der Waals surface area contributed by atoms with Crippen molar-refractivity contribution in [3.05, 3.63) is 0 Å². The minimum atomic E-state index is -0.893. The molecule has 0 aromatic rings. The molecule has 8 heteroatoms. The van der Waals surface area contributed by atoms with Gasteiger partial charge >= 0.3 is 6.03 Å². The Morgan fingerprint density at radius 3 is 2.32 bits per heavy atom. The summed E-state index contributed by atoms with van der Waals surface area (Å²) in [5.74, 6) is 0.568. The predicted octanol–water partition coefficient (Wildman–Crippen LogP) is 2.27. The zero-order chi connectivity index (χ0) is 22.0. The zero-order valence-electron chi connectivity index (χ0n) is 18.7. The quantitative estimate of drug-likeness (QED) is 0.690. The molecule has 4 fully saturated rings. The lowest BCUT2D eigenvalue weighted by Crippen LogP contribution is -2.57. The SMILES string of the molecule is CCC(=O)N1CCC2(CC1)NC(=O)N([C@@H]1CCCN(C(=O)CC3CCCCC3)C1)C2=O. The fourth-order valence-corrected chi connectivity index (χ4v) is 5.83. The third-order valence-corrected chi connectivity index (χ3v) is 7.77. The molecular formula is C23H36N4O4. The predicted molar refractivity (Wildman–Crippen MR) is 115 cm³/mol. The average molecular weight is 433 g/mol. The van der Waals surface area contributed by atoms with Crippen molar-refractivity contribution in [2.24, 2.45) is 5.92 Å². The third-order valence-electron chi connectivity index (χ3n) is 7.77. The van der Waals surface area contributed by atoms with Crippen LogP contribution in [0.25, 0.3) is 0 Å². The Bertz CT molecular complexity index is 725. The van der Waals surface area contributed by atoms with Crippen molar-refractivity contribution in [1.29, 1.82) is 0 Å². The molecule has 0 radical (unpaired) electrons. The Morgan fingerprint density at radius 2 is 1.65 bits per heavy atom. The van der Waals surface area contributed by atoms with Crippen LogP contribution in [0.3, 0.4) is 0 Å². The molecule has 1 N–H and O–H groups in total. The van der Waals surface area contributed by atoms with Gasteiger partial charge in [0.15, 0.2) is 0 Å². The summed E-state index contributed by atoms with van der Waals surface area (Å²) in [6.07, 6.45) is 9.48. The maximum Gasteiger partial charge on any atom is 0.325 e. The first-order valence-electron chi connectivity index (χ1n) is 12.1. The van der Waals surface area contributed by atoms with Crippen molar-refractivity contribution < 1.29 is 19.2 Å². The Morgan fingerprint density at radius 1 is 0.935 bits per heavy atom. The van der Waals surface area contributed by atoms with Crippen molar-refractivity contribution in [2.45, 2.75) is 89.1 Å².